The number of fused-ring (bicyclic) bond motifs is 1. The van der Waals surface area contributed by atoms with Crippen LogP contribution in [0.4, 0.5) is 17.1 Å². The minimum Gasteiger partial charge on any atom is -0.388 e. The van der Waals surface area contributed by atoms with Gasteiger partial charge in [-0.1, -0.05) is 18.2 Å². The van der Waals surface area contributed by atoms with Crippen LogP contribution in [0.2, 0.25) is 0 Å². The minimum atomic E-state index is 1.12. The molecule has 2 aromatic carbocycles. The summed E-state index contributed by atoms with van der Waals surface area (Å²) in [5, 5.41) is 4.40. The smallest absolute Gasteiger partial charge is 0.0696 e. The van der Waals surface area contributed by atoms with Crippen molar-refractivity contribution in [3.8, 4) is 0 Å². The molecular formula is C17H19N3. The van der Waals surface area contributed by atoms with Gasteiger partial charge in [0.15, 0.2) is 0 Å². The van der Waals surface area contributed by atoms with Crippen LogP contribution >= 0.6 is 0 Å². The summed E-state index contributed by atoms with van der Waals surface area (Å²) in [7, 11) is 4.04. The molecule has 0 bridgehead atoms. The fourth-order valence-electron chi connectivity index (χ4n) is 2.67. The Labute approximate surface area is 119 Å². The summed E-state index contributed by atoms with van der Waals surface area (Å²) in [5.41, 5.74) is 5.90. The van der Waals surface area contributed by atoms with Crippen LogP contribution in [0.25, 0.3) is 10.9 Å². The number of hydrogen-bond donors (Lipinski definition) is 2. The third-order valence-corrected chi connectivity index (χ3v) is 3.74. The molecule has 0 amide bonds. The Morgan fingerprint density at radius 2 is 1.70 bits per heavy atom. The number of nitrogens with one attached hydrogen (secondary N) is 2. The topological polar surface area (TPSA) is 31.1 Å². The predicted octanol–water partition coefficient (Wildman–Crippen LogP) is 4.29. The van der Waals surface area contributed by atoms with Crippen molar-refractivity contribution in [1.29, 1.82) is 0 Å². The zero-order valence-electron chi connectivity index (χ0n) is 12.1. The van der Waals surface area contributed by atoms with Crippen LogP contribution in [0, 0.1) is 6.92 Å². The number of aromatic nitrogens is 1. The quantitative estimate of drug-likeness (QED) is 0.740. The van der Waals surface area contributed by atoms with E-state index in [-0.39, 0.29) is 0 Å². The second-order valence-corrected chi connectivity index (χ2v) is 5.00. The van der Waals surface area contributed by atoms with Crippen molar-refractivity contribution in [2.75, 3.05) is 24.3 Å². The van der Waals surface area contributed by atoms with Gasteiger partial charge in [0.2, 0.25) is 0 Å². The van der Waals surface area contributed by atoms with Crippen LogP contribution in [0.1, 0.15) is 5.69 Å². The second-order valence-electron chi connectivity index (χ2n) is 5.00. The Morgan fingerprint density at radius 3 is 2.40 bits per heavy atom. The number of aryl methyl sites for hydroxylation is 1. The summed E-state index contributed by atoms with van der Waals surface area (Å²) in [5.74, 6) is 0. The first-order valence-electron chi connectivity index (χ1n) is 6.79. The molecule has 3 nitrogen and oxygen atoms in total. The second kappa shape index (κ2) is 4.93. The van der Waals surface area contributed by atoms with Gasteiger partial charge in [0, 0.05) is 42.1 Å². The van der Waals surface area contributed by atoms with Crippen LogP contribution < -0.4 is 10.2 Å². The van der Waals surface area contributed by atoms with E-state index in [1.54, 1.807) is 0 Å². The van der Waals surface area contributed by atoms with Crippen LogP contribution in [-0.2, 0) is 0 Å². The van der Waals surface area contributed by atoms with Crippen molar-refractivity contribution < 1.29 is 0 Å². The van der Waals surface area contributed by atoms with Crippen molar-refractivity contribution in [2.45, 2.75) is 6.92 Å². The van der Waals surface area contributed by atoms with E-state index in [1.165, 1.54) is 28.0 Å². The molecule has 102 valence electrons. The summed E-state index contributed by atoms with van der Waals surface area (Å²) in [4.78, 5) is 5.68. The zero-order valence-corrected chi connectivity index (χ0v) is 12.1. The fraction of sp³-hybridized carbons (Fsp3) is 0.176. The fourth-order valence-corrected chi connectivity index (χ4v) is 2.67. The number of anilines is 3. The van der Waals surface area contributed by atoms with E-state index in [4.69, 9.17) is 0 Å². The number of aromatic amines is 1. The van der Waals surface area contributed by atoms with Crippen molar-refractivity contribution in [3.63, 3.8) is 0 Å². The van der Waals surface area contributed by atoms with E-state index in [2.05, 4.69) is 77.7 Å². The number of H-pyrrole nitrogens is 1. The van der Waals surface area contributed by atoms with Gasteiger partial charge in [-0.2, -0.15) is 0 Å². The van der Waals surface area contributed by atoms with Gasteiger partial charge in [0.25, 0.3) is 0 Å². The summed E-state index contributed by atoms with van der Waals surface area (Å²) < 4.78 is 0. The van der Waals surface area contributed by atoms with Crippen molar-refractivity contribution in [1.82, 2.24) is 4.98 Å². The molecule has 1 heterocycles. The molecular weight excluding hydrogens is 246 g/mol. The Bertz CT molecular complexity index is 726. The van der Waals surface area contributed by atoms with Gasteiger partial charge in [0.1, 0.15) is 0 Å². The normalized spacial score (nSPS) is 10.8. The molecule has 0 radical (unpaired) electrons. The summed E-state index contributed by atoms with van der Waals surface area (Å²) in [6.45, 7) is 2.12. The van der Waals surface area contributed by atoms with Crippen LogP contribution in [0.3, 0.4) is 0 Å². The van der Waals surface area contributed by atoms with Crippen LogP contribution in [-0.4, -0.2) is 19.1 Å². The first-order chi connectivity index (χ1) is 9.70. The third kappa shape index (κ3) is 2.01. The highest BCUT2D eigenvalue weighted by molar-refractivity contribution is 5.96. The highest BCUT2D eigenvalue weighted by Crippen LogP contribution is 2.34. The molecule has 0 aliphatic carbocycles. The highest BCUT2D eigenvalue weighted by atomic mass is 15.1. The molecule has 0 aliphatic rings. The van der Waals surface area contributed by atoms with E-state index >= 15 is 0 Å². The Hall–Kier alpha value is -2.42. The predicted molar refractivity (Wildman–Crippen MR) is 87.1 cm³/mol. The molecule has 0 spiro atoms. The number of nitrogens with zero attached hydrogens (tertiary/aromatic N) is 1. The maximum atomic E-state index is 3.45. The Balaban J connectivity index is 2.07. The van der Waals surface area contributed by atoms with E-state index < -0.39 is 0 Å². The molecule has 3 rings (SSSR count). The molecule has 0 saturated carbocycles. The van der Waals surface area contributed by atoms with Gasteiger partial charge in [-0.3, -0.25) is 0 Å². The molecule has 0 saturated heterocycles. The van der Waals surface area contributed by atoms with E-state index in [1.807, 2.05) is 7.05 Å². The van der Waals surface area contributed by atoms with Crippen molar-refractivity contribution in [3.05, 3.63) is 54.2 Å². The van der Waals surface area contributed by atoms with E-state index in [0.29, 0.717) is 0 Å². The van der Waals surface area contributed by atoms with E-state index in [9.17, 15) is 0 Å². The van der Waals surface area contributed by atoms with Gasteiger partial charge in [-0.15, -0.1) is 0 Å². The van der Waals surface area contributed by atoms with Gasteiger partial charge >= 0.3 is 0 Å². The minimum absolute atomic E-state index is 1.12. The maximum Gasteiger partial charge on any atom is 0.0696 e. The lowest BCUT2D eigenvalue weighted by atomic mass is 10.2. The molecule has 2 N–H and O–H groups in total. The third-order valence-electron chi connectivity index (χ3n) is 3.74. The van der Waals surface area contributed by atoms with Crippen molar-refractivity contribution >= 4 is 28.0 Å². The number of hydrogen-bond acceptors (Lipinski definition) is 2. The standard InChI is InChI=1S/C17H19N3/c1-12-17(15-6-4-5-7-16(15)19-12)20(3)14-10-8-13(18-2)9-11-14/h4-11,18-19H,1-3H3. The monoisotopic (exact) mass is 265 g/mol. The maximum absolute atomic E-state index is 3.45. The molecule has 0 fully saturated rings. The van der Waals surface area contributed by atoms with Crippen molar-refractivity contribution in [2.24, 2.45) is 0 Å². The first kappa shape index (κ1) is 12.6. The average Bonchev–Trinajstić information content (AvgIpc) is 2.82. The summed E-state index contributed by atoms with van der Waals surface area (Å²) in [6, 6.07) is 16.9. The lowest BCUT2D eigenvalue weighted by molar-refractivity contribution is 1.18. The lowest BCUT2D eigenvalue weighted by Crippen LogP contribution is -2.10. The molecule has 0 aliphatic heterocycles. The SMILES string of the molecule is CNc1ccc(N(C)c2c(C)[nH]c3ccccc23)cc1. The van der Waals surface area contributed by atoms with Crippen LogP contribution in [0.5, 0.6) is 0 Å². The zero-order chi connectivity index (χ0) is 14.1. The highest BCUT2D eigenvalue weighted by Gasteiger charge is 2.13. The molecule has 20 heavy (non-hydrogen) atoms. The summed E-state index contributed by atoms with van der Waals surface area (Å²) in [6.07, 6.45) is 0. The first-order valence-corrected chi connectivity index (χ1v) is 6.79. The number of benzene rings is 2. The lowest BCUT2D eigenvalue weighted by Gasteiger charge is -2.20. The summed E-state index contributed by atoms with van der Waals surface area (Å²) >= 11 is 0. The van der Waals surface area contributed by atoms with Crippen LogP contribution in [0.15, 0.2) is 48.5 Å². The van der Waals surface area contributed by atoms with E-state index in [0.717, 1.165) is 5.69 Å². The molecule has 0 atom stereocenters. The molecule has 3 aromatic rings. The van der Waals surface area contributed by atoms with Gasteiger partial charge in [-0.25, -0.2) is 0 Å². The van der Waals surface area contributed by atoms with Gasteiger partial charge in [0.05, 0.1) is 5.69 Å². The molecule has 1 aromatic heterocycles. The number of para-hydroxylation sites is 1. The Kier molecular flexibility index (Phi) is 3.11. The molecule has 0 unspecified atom stereocenters. The number of rotatable bonds is 3. The molecule has 3 heteroatoms. The van der Waals surface area contributed by atoms with Gasteiger partial charge in [-0.05, 0) is 37.3 Å². The Morgan fingerprint density at radius 1 is 1.00 bits per heavy atom. The largest absolute Gasteiger partial charge is 0.388 e. The van der Waals surface area contributed by atoms with Gasteiger partial charge < -0.3 is 15.2 Å². The average molecular weight is 265 g/mol.